The van der Waals surface area contributed by atoms with Crippen molar-refractivity contribution in [2.45, 2.75) is 46.1 Å². The van der Waals surface area contributed by atoms with Crippen LogP contribution in [0, 0.1) is 5.82 Å². The molecule has 0 spiro atoms. The number of carbonyl (C=O) groups excluding carboxylic acids is 1. The predicted octanol–water partition coefficient (Wildman–Crippen LogP) is 3.57. The van der Waals surface area contributed by atoms with E-state index in [-0.39, 0.29) is 17.4 Å². The Labute approximate surface area is 114 Å². The van der Waals surface area contributed by atoms with Crippen molar-refractivity contribution < 1.29 is 14.3 Å². The zero-order valence-corrected chi connectivity index (χ0v) is 11.8. The maximum Gasteiger partial charge on any atom is 0.260 e. The van der Waals surface area contributed by atoms with Crippen molar-refractivity contribution in [1.82, 2.24) is 4.90 Å². The molecule has 1 aromatic carbocycles. The molecule has 0 saturated carbocycles. The van der Waals surface area contributed by atoms with Crippen LogP contribution in [0.1, 0.15) is 50.4 Å². The van der Waals surface area contributed by atoms with Crippen molar-refractivity contribution in [2.75, 3.05) is 6.54 Å². The number of unbranched alkanes of at least 4 members (excludes halogenated alkanes) is 1. The van der Waals surface area contributed by atoms with Gasteiger partial charge in [0.1, 0.15) is 17.1 Å². The van der Waals surface area contributed by atoms with E-state index in [0.29, 0.717) is 6.54 Å². The van der Waals surface area contributed by atoms with Gasteiger partial charge >= 0.3 is 0 Å². The fourth-order valence-electron chi connectivity index (χ4n) is 1.94. The highest BCUT2D eigenvalue weighted by Gasteiger charge is 2.25. The maximum absolute atomic E-state index is 13.7. The van der Waals surface area contributed by atoms with E-state index in [1.165, 1.54) is 18.2 Å². The van der Waals surface area contributed by atoms with Crippen LogP contribution in [0.3, 0.4) is 0 Å². The number of phenolic OH excluding ortho intramolecular Hbond substituents is 1. The van der Waals surface area contributed by atoms with E-state index >= 15 is 0 Å². The van der Waals surface area contributed by atoms with Crippen molar-refractivity contribution in [3.8, 4) is 5.75 Å². The summed E-state index contributed by atoms with van der Waals surface area (Å²) in [6.45, 7) is 6.54. The van der Waals surface area contributed by atoms with Gasteiger partial charge in [-0.25, -0.2) is 4.39 Å². The number of nitrogens with zero attached hydrogens (tertiary/aromatic N) is 1. The number of hydrogen-bond donors (Lipinski definition) is 1. The lowest BCUT2D eigenvalue weighted by Gasteiger charge is -2.29. The van der Waals surface area contributed by atoms with Gasteiger partial charge in [0.2, 0.25) is 0 Å². The lowest BCUT2D eigenvalue weighted by atomic mass is 10.1. The van der Waals surface area contributed by atoms with Gasteiger partial charge in [0.05, 0.1) is 0 Å². The number of benzene rings is 1. The number of rotatable bonds is 6. The monoisotopic (exact) mass is 267 g/mol. The molecule has 0 aliphatic carbocycles. The lowest BCUT2D eigenvalue weighted by Crippen LogP contribution is -2.39. The number of halogens is 1. The third-order valence-corrected chi connectivity index (χ3v) is 3.34. The maximum atomic E-state index is 13.7. The molecule has 106 valence electrons. The average Bonchev–Trinajstić information content (AvgIpc) is 2.38. The lowest BCUT2D eigenvalue weighted by molar-refractivity contribution is 0.0677. The van der Waals surface area contributed by atoms with Gasteiger partial charge in [-0.05, 0) is 31.9 Å². The Balaban J connectivity index is 3.05. The minimum Gasteiger partial charge on any atom is -0.507 e. The van der Waals surface area contributed by atoms with E-state index in [9.17, 15) is 14.3 Å². The van der Waals surface area contributed by atoms with E-state index in [1.54, 1.807) is 4.90 Å². The summed E-state index contributed by atoms with van der Waals surface area (Å²) in [5.74, 6) is -1.40. The largest absolute Gasteiger partial charge is 0.507 e. The first-order chi connectivity index (χ1) is 9.02. The Morgan fingerprint density at radius 3 is 2.63 bits per heavy atom. The van der Waals surface area contributed by atoms with Gasteiger partial charge in [0, 0.05) is 12.6 Å². The molecule has 1 aromatic rings. The Morgan fingerprint density at radius 1 is 1.42 bits per heavy atom. The molecule has 0 aliphatic heterocycles. The van der Waals surface area contributed by atoms with Crippen LogP contribution in [0.2, 0.25) is 0 Å². The molecule has 3 nitrogen and oxygen atoms in total. The van der Waals surface area contributed by atoms with Crippen LogP contribution < -0.4 is 0 Å². The third kappa shape index (κ3) is 3.69. The fraction of sp³-hybridized carbons (Fsp3) is 0.533. The van der Waals surface area contributed by atoms with Gasteiger partial charge in [-0.1, -0.05) is 26.3 Å². The number of phenols is 1. The van der Waals surface area contributed by atoms with E-state index in [1.807, 2.05) is 20.8 Å². The van der Waals surface area contributed by atoms with Gasteiger partial charge in [-0.15, -0.1) is 0 Å². The summed E-state index contributed by atoms with van der Waals surface area (Å²) in [6.07, 6.45) is 2.62. The number of carbonyl (C=O) groups is 1. The molecule has 1 amide bonds. The molecule has 19 heavy (non-hydrogen) atoms. The van der Waals surface area contributed by atoms with Crippen molar-refractivity contribution in [2.24, 2.45) is 0 Å². The fourth-order valence-corrected chi connectivity index (χ4v) is 1.94. The molecule has 0 fully saturated rings. The summed E-state index contributed by atoms with van der Waals surface area (Å²) in [6, 6.07) is 3.95. The normalized spacial score (nSPS) is 12.2. The molecule has 0 radical (unpaired) electrons. The van der Waals surface area contributed by atoms with Crippen molar-refractivity contribution in [3.63, 3.8) is 0 Å². The molecule has 1 unspecified atom stereocenters. The molecule has 1 rings (SSSR count). The number of hydrogen-bond acceptors (Lipinski definition) is 2. The van der Waals surface area contributed by atoms with Crippen molar-refractivity contribution >= 4 is 5.91 Å². The van der Waals surface area contributed by atoms with E-state index in [0.717, 1.165) is 19.3 Å². The average molecular weight is 267 g/mol. The molecule has 0 bridgehead atoms. The highest BCUT2D eigenvalue weighted by Crippen LogP contribution is 2.23. The molecule has 0 heterocycles. The molecule has 1 atom stereocenters. The third-order valence-electron chi connectivity index (χ3n) is 3.34. The van der Waals surface area contributed by atoms with E-state index in [2.05, 4.69) is 0 Å². The highest BCUT2D eigenvalue weighted by molar-refractivity contribution is 5.97. The topological polar surface area (TPSA) is 40.5 Å². The number of aromatic hydroxyl groups is 1. The minimum atomic E-state index is -0.671. The smallest absolute Gasteiger partial charge is 0.260 e. The van der Waals surface area contributed by atoms with Crippen LogP contribution in [0.4, 0.5) is 4.39 Å². The van der Waals surface area contributed by atoms with Crippen LogP contribution in [-0.2, 0) is 0 Å². The zero-order valence-electron chi connectivity index (χ0n) is 11.8. The van der Waals surface area contributed by atoms with Gasteiger partial charge in [-0.2, -0.15) is 0 Å². The van der Waals surface area contributed by atoms with Crippen LogP contribution in [0.5, 0.6) is 5.75 Å². The molecular formula is C15H22FNO2. The molecule has 4 heteroatoms. The summed E-state index contributed by atoms with van der Waals surface area (Å²) in [4.78, 5) is 14.1. The first kappa shape index (κ1) is 15.5. The zero-order chi connectivity index (χ0) is 14.4. The molecule has 0 aromatic heterocycles. The Kier molecular flexibility index (Phi) is 5.80. The molecule has 1 N–H and O–H groups in total. The second-order valence-electron chi connectivity index (χ2n) is 4.74. The second kappa shape index (κ2) is 7.12. The van der Waals surface area contributed by atoms with Gasteiger partial charge < -0.3 is 10.0 Å². The molecular weight excluding hydrogens is 245 g/mol. The van der Waals surface area contributed by atoms with Gasteiger partial charge in [0.15, 0.2) is 0 Å². The van der Waals surface area contributed by atoms with E-state index < -0.39 is 11.7 Å². The van der Waals surface area contributed by atoms with Gasteiger partial charge in [-0.3, -0.25) is 4.79 Å². The van der Waals surface area contributed by atoms with Gasteiger partial charge in [0.25, 0.3) is 5.91 Å². The van der Waals surface area contributed by atoms with E-state index in [4.69, 9.17) is 0 Å². The summed E-state index contributed by atoms with van der Waals surface area (Å²) in [7, 11) is 0. The predicted molar refractivity (Wildman–Crippen MR) is 73.8 cm³/mol. The first-order valence-electron chi connectivity index (χ1n) is 6.81. The molecule has 0 aliphatic rings. The Bertz CT molecular complexity index is 414. The standard InChI is InChI=1S/C15H22FNO2/c1-4-6-10-17(11(3)5-2)15(19)14-12(16)8-7-9-13(14)18/h7-9,11,18H,4-6,10H2,1-3H3. The Morgan fingerprint density at radius 2 is 2.11 bits per heavy atom. The SMILES string of the molecule is CCCCN(C(=O)c1c(O)cccc1F)C(C)CC. The van der Waals surface area contributed by atoms with Crippen molar-refractivity contribution in [3.05, 3.63) is 29.6 Å². The van der Waals surface area contributed by atoms with Crippen LogP contribution in [0.15, 0.2) is 18.2 Å². The Hall–Kier alpha value is -1.58. The van der Waals surface area contributed by atoms with Crippen LogP contribution in [0.25, 0.3) is 0 Å². The quantitative estimate of drug-likeness (QED) is 0.856. The summed E-state index contributed by atoms with van der Waals surface area (Å²) < 4.78 is 13.7. The number of amides is 1. The molecule has 0 saturated heterocycles. The summed E-state index contributed by atoms with van der Waals surface area (Å²) in [5.41, 5.74) is -0.223. The first-order valence-corrected chi connectivity index (χ1v) is 6.81. The van der Waals surface area contributed by atoms with Crippen LogP contribution in [-0.4, -0.2) is 28.5 Å². The summed E-state index contributed by atoms with van der Waals surface area (Å²) in [5, 5.41) is 9.70. The van der Waals surface area contributed by atoms with Crippen LogP contribution >= 0.6 is 0 Å². The van der Waals surface area contributed by atoms with Crippen molar-refractivity contribution in [1.29, 1.82) is 0 Å². The summed E-state index contributed by atoms with van der Waals surface area (Å²) >= 11 is 0. The second-order valence-corrected chi connectivity index (χ2v) is 4.74. The highest BCUT2D eigenvalue weighted by atomic mass is 19.1. The minimum absolute atomic E-state index is 0.0260.